The lowest BCUT2D eigenvalue weighted by molar-refractivity contribution is 0.170. The molecule has 2 aliphatic rings. The lowest BCUT2D eigenvalue weighted by atomic mass is 9.94. The second-order valence-electron chi connectivity index (χ2n) is 7.04. The minimum atomic E-state index is 0.0584. The molecule has 0 saturated carbocycles. The third kappa shape index (κ3) is 2.07. The van der Waals surface area contributed by atoms with Crippen LogP contribution in [0.25, 0.3) is 10.9 Å². The number of methoxy groups -OCH3 is 1. The Kier molecular flexibility index (Phi) is 3.40. The molecule has 3 heterocycles. The molecule has 0 aliphatic carbocycles. The second-order valence-corrected chi connectivity index (χ2v) is 7.04. The summed E-state index contributed by atoms with van der Waals surface area (Å²) < 4.78 is 19.6. The van der Waals surface area contributed by atoms with Crippen molar-refractivity contribution in [3.63, 3.8) is 0 Å². The highest BCUT2D eigenvalue weighted by atomic mass is 16.7. The first-order chi connectivity index (χ1) is 12.7. The molecule has 0 fully saturated rings. The van der Waals surface area contributed by atoms with Crippen LogP contribution in [0.15, 0.2) is 36.4 Å². The Morgan fingerprint density at radius 3 is 2.85 bits per heavy atom. The zero-order valence-corrected chi connectivity index (χ0v) is 15.3. The van der Waals surface area contributed by atoms with Crippen LogP contribution in [0.4, 0.5) is 0 Å². The highest BCUT2D eigenvalue weighted by molar-refractivity contribution is 5.81. The summed E-state index contributed by atoms with van der Waals surface area (Å²) in [6.45, 7) is 3.40. The van der Waals surface area contributed by atoms with Crippen LogP contribution in [0, 0.1) is 6.92 Å². The van der Waals surface area contributed by atoms with Crippen molar-refractivity contribution < 1.29 is 14.2 Å². The molecule has 5 nitrogen and oxygen atoms in total. The summed E-state index contributed by atoms with van der Waals surface area (Å²) in [7, 11) is 3.88. The van der Waals surface area contributed by atoms with E-state index in [1.807, 2.05) is 0 Å². The zero-order valence-electron chi connectivity index (χ0n) is 15.3. The first-order valence-electron chi connectivity index (χ1n) is 8.95. The van der Waals surface area contributed by atoms with Gasteiger partial charge < -0.3 is 18.8 Å². The molecule has 0 radical (unpaired) electrons. The van der Waals surface area contributed by atoms with Gasteiger partial charge >= 0.3 is 0 Å². The van der Waals surface area contributed by atoms with Crippen molar-refractivity contribution in [2.45, 2.75) is 19.5 Å². The maximum Gasteiger partial charge on any atom is 0.231 e. The van der Waals surface area contributed by atoms with E-state index >= 15 is 0 Å². The molecule has 0 bridgehead atoms. The molecule has 5 rings (SSSR count). The van der Waals surface area contributed by atoms with Gasteiger partial charge in [-0.25, -0.2) is 0 Å². The van der Waals surface area contributed by atoms with Gasteiger partial charge in [-0.1, -0.05) is 18.2 Å². The fourth-order valence-corrected chi connectivity index (χ4v) is 4.37. The van der Waals surface area contributed by atoms with E-state index in [-0.39, 0.29) is 13.0 Å². The van der Waals surface area contributed by atoms with Gasteiger partial charge in [-0.3, -0.25) is 4.90 Å². The van der Waals surface area contributed by atoms with Gasteiger partial charge in [0, 0.05) is 23.3 Å². The second kappa shape index (κ2) is 5.68. The smallest absolute Gasteiger partial charge is 0.231 e. The number of para-hydroxylation sites is 1. The number of rotatable bonds is 2. The Hall–Kier alpha value is -2.66. The summed E-state index contributed by atoms with van der Waals surface area (Å²) >= 11 is 0. The van der Waals surface area contributed by atoms with Crippen molar-refractivity contribution in [2.75, 3.05) is 27.5 Å². The molecule has 0 N–H and O–H groups in total. The molecule has 2 aliphatic heterocycles. The summed E-state index contributed by atoms with van der Waals surface area (Å²) in [6.07, 6.45) is 1.02. The Morgan fingerprint density at radius 2 is 2.00 bits per heavy atom. The van der Waals surface area contributed by atoms with Crippen molar-refractivity contribution in [2.24, 2.45) is 0 Å². The van der Waals surface area contributed by atoms with Crippen LogP contribution < -0.4 is 14.2 Å². The normalized spacial score (nSPS) is 19.0. The van der Waals surface area contributed by atoms with Crippen molar-refractivity contribution in [1.29, 1.82) is 0 Å². The molecule has 1 aromatic heterocycles. The van der Waals surface area contributed by atoms with E-state index in [1.54, 1.807) is 7.11 Å². The van der Waals surface area contributed by atoms with E-state index in [9.17, 15) is 0 Å². The summed E-state index contributed by atoms with van der Waals surface area (Å²) in [5, 5.41) is 1.25. The number of aromatic nitrogens is 1. The number of hydrogen-bond acceptors (Lipinski definition) is 4. The van der Waals surface area contributed by atoms with Gasteiger partial charge in [-0.15, -0.1) is 0 Å². The fourth-order valence-electron chi connectivity index (χ4n) is 4.37. The van der Waals surface area contributed by atoms with E-state index in [1.165, 1.54) is 27.7 Å². The molecular formula is C21H22N2O3. The number of nitrogens with zero attached hydrogens (tertiary/aromatic N) is 2. The maximum absolute atomic E-state index is 5.84. The van der Waals surface area contributed by atoms with Gasteiger partial charge in [-0.05, 0) is 49.5 Å². The quantitative estimate of drug-likeness (QED) is 0.706. The Balaban J connectivity index is 1.80. The zero-order chi connectivity index (χ0) is 17.8. The van der Waals surface area contributed by atoms with E-state index in [4.69, 9.17) is 14.2 Å². The Morgan fingerprint density at radius 1 is 1.15 bits per heavy atom. The predicted octanol–water partition coefficient (Wildman–Crippen LogP) is 3.72. The minimum Gasteiger partial charge on any atom is -0.492 e. The summed E-state index contributed by atoms with van der Waals surface area (Å²) in [4.78, 5) is 2.38. The van der Waals surface area contributed by atoms with Crippen molar-refractivity contribution in [3.8, 4) is 17.2 Å². The van der Waals surface area contributed by atoms with Gasteiger partial charge in [0.15, 0.2) is 11.5 Å². The topological polar surface area (TPSA) is 35.9 Å². The summed E-state index contributed by atoms with van der Waals surface area (Å²) in [6, 6.07) is 12.9. The first kappa shape index (κ1) is 15.6. The van der Waals surface area contributed by atoms with Crippen LogP contribution in [-0.2, 0) is 6.42 Å². The number of aryl methyl sites for hydroxylation is 1. The van der Waals surface area contributed by atoms with Gasteiger partial charge in [-0.2, -0.15) is 0 Å². The van der Waals surface area contributed by atoms with Gasteiger partial charge in [0.25, 0.3) is 0 Å². The molecule has 0 spiro atoms. The largest absolute Gasteiger partial charge is 0.492 e. The third-order valence-electron chi connectivity index (χ3n) is 5.54. The Bertz CT molecular complexity index is 1010. The maximum atomic E-state index is 5.84. The van der Waals surface area contributed by atoms with Gasteiger partial charge in [0.05, 0.1) is 7.11 Å². The highest BCUT2D eigenvalue weighted by Crippen LogP contribution is 2.50. The van der Waals surface area contributed by atoms with Crippen molar-refractivity contribution in [3.05, 3.63) is 53.2 Å². The third-order valence-corrected chi connectivity index (χ3v) is 5.54. The molecule has 2 aromatic carbocycles. The first-order valence-corrected chi connectivity index (χ1v) is 8.95. The summed E-state index contributed by atoms with van der Waals surface area (Å²) in [5.74, 6) is 2.31. The highest BCUT2D eigenvalue weighted by Gasteiger charge is 2.35. The molecule has 134 valence electrons. The molecule has 1 atom stereocenters. The van der Waals surface area contributed by atoms with E-state index in [0.29, 0.717) is 0 Å². The van der Waals surface area contributed by atoms with Crippen LogP contribution in [0.3, 0.4) is 0 Å². The van der Waals surface area contributed by atoms with Crippen LogP contribution >= 0.6 is 0 Å². The number of ether oxygens (including phenoxy) is 3. The number of hydrogen-bond donors (Lipinski definition) is 0. The summed E-state index contributed by atoms with van der Waals surface area (Å²) in [5.41, 5.74) is 4.91. The molecule has 3 aromatic rings. The molecule has 0 amide bonds. The van der Waals surface area contributed by atoms with Gasteiger partial charge in [0.2, 0.25) is 12.5 Å². The fraction of sp³-hybridized carbons (Fsp3) is 0.333. The van der Waals surface area contributed by atoms with Gasteiger partial charge in [0.1, 0.15) is 6.17 Å². The molecule has 0 saturated heterocycles. The number of fused-ring (bicyclic) bond motifs is 3. The average Bonchev–Trinajstić information content (AvgIpc) is 3.23. The monoisotopic (exact) mass is 350 g/mol. The van der Waals surface area contributed by atoms with E-state index in [2.05, 4.69) is 59.8 Å². The molecule has 5 heteroatoms. The van der Waals surface area contributed by atoms with Crippen molar-refractivity contribution >= 4 is 10.9 Å². The van der Waals surface area contributed by atoms with E-state index in [0.717, 1.165) is 30.2 Å². The van der Waals surface area contributed by atoms with Crippen LogP contribution in [0.1, 0.15) is 23.0 Å². The van der Waals surface area contributed by atoms with Crippen LogP contribution in [0.5, 0.6) is 17.2 Å². The van der Waals surface area contributed by atoms with E-state index < -0.39 is 0 Å². The molecular weight excluding hydrogens is 328 g/mol. The minimum absolute atomic E-state index is 0.0584. The molecule has 1 unspecified atom stereocenters. The predicted molar refractivity (Wildman–Crippen MR) is 100 cm³/mol. The Labute approximate surface area is 152 Å². The lowest BCUT2D eigenvalue weighted by Gasteiger charge is -2.37. The van der Waals surface area contributed by atoms with Crippen molar-refractivity contribution in [1.82, 2.24) is 9.47 Å². The van der Waals surface area contributed by atoms with Crippen LogP contribution in [-0.4, -0.2) is 37.0 Å². The standard InChI is InChI=1S/C21H22N2O3/c1-13-10-14-6-4-5-7-16(14)23(13)21-18-15(8-9-22(21)2)11-17-19(20(18)24-3)26-12-25-17/h4-7,10-11,21H,8-9,12H2,1-3H3. The SMILES string of the molecule is COc1c2c(cc3c1C(n1c(C)cc4ccccc41)N(C)CC3)OCO2. The lowest BCUT2D eigenvalue weighted by Crippen LogP contribution is -2.37. The van der Waals surface area contributed by atoms with Crippen LogP contribution in [0.2, 0.25) is 0 Å². The number of likely N-dealkylation sites (N-methyl/N-ethyl adjacent to an activating group) is 1. The number of benzene rings is 2. The average molecular weight is 350 g/mol. The molecule has 26 heavy (non-hydrogen) atoms.